The van der Waals surface area contributed by atoms with Crippen molar-refractivity contribution in [3.05, 3.63) is 10.6 Å². The lowest BCUT2D eigenvalue weighted by molar-refractivity contribution is -0.147. The van der Waals surface area contributed by atoms with Crippen LogP contribution in [0.3, 0.4) is 0 Å². The lowest BCUT2D eigenvalue weighted by atomic mass is 9.90. The Morgan fingerprint density at radius 1 is 1.40 bits per heavy atom. The monoisotopic (exact) mass is 297 g/mol. The van der Waals surface area contributed by atoms with E-state index in [9.17, 15) is 14.7 Å². The van der Waals surface area contributed by atoms with Gasteiger partial charge in [-0.1, -0.05) is 25.3 Å². The summed E-state index contributed by atoms with van der Waals surface area (Å²) in [5.74, 6) is -1.01. The number of carboxylic acid groups (broad SMARTS) is 1. The van der Waals surface area contributed by atoms with E-state index in [0.717, 1.165) is 11.5 Å². The van der Waals surface area contributed by atoms with E-state index in [-0.39, 0.29) is 17.9 Å². The molecule has 1 aromatic heterocycles. The number of hydrogen-bond acceptors (Lipinski definition) is 5. The maximum Gasteiger partial charge on any atom is 0.311 e. The molecule has 6 nitrogen and oxygen atoms in total. The van der Waals surface area contributed by atoms with Gasteiger partial charge in [-0.05, 0) is 24.9 Å². The first kappa shape index (κ1) is 14.9. The zero-order valence-corrected chi connectivity index (χ0v) is 13.0. The fraction of sp³-hybridized carbons (Fsp3) is 0.692. The lowest BCUT2D eigenvalue weighted by Crippen LogP contribution is -2.35. The van der Waals surface area contributed by atoms with Gasteiger partial charge < -0.3 is 10.0 Å². The molecule has 7 heteroatoms. The standard InChI is InChI=1S/C13H19N3O3S/c1-12(2,3)9-8(20-15-14-9)10(17)16-6-5-13(4,7-16)11(18)19/h5-7H2,1-4H3,(H,18,19). The van der Waals surface area contributed by atoms with Crippen LogP contribution in [0.2, 0.25) is 0 Å². The molecule has 2 heterocycles. The van der Waals surface area contributed by atoms with Crippen molar-refractivity contribution in [1.29, 1.82) is 0 Å². The van der Waals surface area contributed by atoms with E-state index in [2.05, 4.69) is 9.59 Å². The molecule has 1 unspecified atom stereocenters. The molecule has 1 amide bonds. The molecule has 0 saturated carbocycles. The second kappa shape index (κ2) is 4.80. The van der Waals surface area contributed by atoms with Gasteiger partial charge in [-0.3, -0.25) is 9.59 Å². The highest BCUT2D eigenvalue weighted by molar-refractivity contribution is 7.08. The summed E-state index contributed by atoms with van der Waals surface area (Å²) < 4.78 is 3.88. The minimum Gasteiger partial charge on any atom is -0.481 e. The summed E-state index contributed by atoms with van der Waals surface area (Å²) in [6.45, 7) is 8.31. The van der Waals surface area contributed by atoms with Crippen molar-refractivity contribution in [2.45, 2.75) is 39.5 Å². The molecule has 20 heavy (non-hydrogen) atoms. The Morgan fingerprint density at radius 2 is 2.05 bits per heavy atom. The fourth-order valence-electron chi connectivity index (χ4n) is 2.27. The maximum absolute atomic E-state index is 12.5. The molecule has 1 aromatic rings. The second-order valence-corrected chi connectivity index (χ2v) is 7.30. The molecule has 1 aliphatic rings. The van der Waals surface area contributed by atoms with Crippen LogP contribution in [0.4, 0.5) is 0 Å². The second-order valence-electron chi connectivity index (χ2n) is 6.54. The van der Waals surface area contributed by atoms with Gasteiger partial charge >= 0.3 is 5.97 Å². The lowest BCUT2D eigenvalue weighted by Gasteiger charge is -2.21. The zero-order chi connectivity index (χ0) is 15.1. The number of nitrogens with zero attached hydrogens (tertiary/aromatic N) is 3. The third-order valence-electron chi connectivity index (χ3n) is 3.67. The van der Waals surface area contributed by atoms with Crippen molar-refractivity contribution < 1.29 is 14.7 Å². The van der Waals surface area contributed by atoms with Crippen LogP contribution in [-0.2, 0) is 10.2 Å². The van der Waals surface area contributed by atoms with Crippen LogP contribution < -0.4 is 0 Å². The van der Waals surface area contributed by atoms with Gasteiger partial charge in [0.05, 0.1) is 11.1 Å². The highest BCUT2D eigenvalue weighted by Gasteiger charge is 2.43. The van der Waals surface area contributed by atoms with Gasteiger partial charge in [0.25, 0.3) is 5.91 Å². The quantitative estimate of drug-likeness (QED) is 0.899. The summed E-state index contributed by atoms with van der Waals surface area (Å²) in [5, 5.41) is 13.3. The highest BCUT2D eigenvalue weighted by Crippen LogP contribution is 2.33. The van der Waals surface area contributed by atoms with Gasteiger partial charge in [-0.15, -0.1) is 5.10 Å². The first-order valence-electron chi connectivity index (χ1n) is 6.51. The van der Waals surface area contributed by atoms with Crippen LogP contribution in [-0.4, -0.2) is 44.6 Å². The van der Waals surface area contributed by atoms with Crippen LogP contribution in [0, 0.1) is 5.41 Å². The van der Waals surface area contributed by atoms with Gasteiger partial charge in [-0.25, -0.2) is 0 Å². The summed E-state index contributed by atoms with van der Waals surface area (Å²) in [7, 11) is 0. The predicted molar refractivity (Wildman–Crippen MR) is 74.9 cm³/mol. The van der Waals surface area contributed by atoms with Crippen molar-refractivity contribution >= 4 is 23.4 Å². The first-order chi connectivity index (χ1) is 9.15. The summed E-state index contributed by atoms with van der Waals surface area (Å²) in [6.07, 6.45) is 0.477. The number of hydrogen-bond donors (Lipinski definition) is 1. The molecule has 110 valence electrons. The summed E-state index contributed by atoms with van der Waals surface area (Å²) in [4.78, 5) is 25.9. The summed E-state index contributed by atoms with van der Waals surface area (Å²) in [6, 6.07) is 0. The number of carbonyl (C=O) groups is 2. The molecular formula is C13H19N3O3S. The van der Waals surface area contributed by atoms with E-state index in [0.29, 0.717) is 23.5 Å². The molecule has 1 saturated heterocycles. The van der Waals surface area contributed by atoms with E-state index >= 15 is 0 Å². The van der Waals surface area contributed by atoms with E-state index in [4.69, 9.17) is 0 Å². The average Bonchev–Trinajstić information content (AvgIpc) is 2.94. The third kappa shape index (κ3) is 2.54. The fourth-order valence-corrected chi connectivity index (χ4v) is 3.12. The number of rotatable bonds is 2. The molecule has 0 radical (unpaired) electrons. The summed E-state index contributed by atoms with van der Waals surface area (Å²) >= 11 is 1.08. The van der Waals surface area contributed by atoms with Gasteiger partial charge in [-0.2, -0.15) is 0 Å². The third-order valence-corrected chi connectivity index (χ3v) is 4.38. The number of amides is 1. The Balaban J connectivity index is 2.23. The van der Waals surface area contributed by atoms with Gasteiger partial charge in [0.15, 0.2) is 0 Å². The Hall–Kier alpha value is -1.50. The highest BCUT2D eigenvalue weighted by atomic mass is 32.1. The van der Waals surface area contributed by atoms with E-state index in [1.165, 1.54) is 0 Å². The van der Waals surface area contributed by atoms with Gasteiger partial charge in [0.2, 0.25) is 0 Å². The number of aliphatic carboxylic acids is 1. The van der Waals surface area contributed by atoms with Crippen molar-refractivity contribution in [3.63, 3.8) is 0 Å². The van der Waals surface area contributed by atoms with Crippen molar-refractivity contribution in [2.75, 3.05) is 13.1 Å². The number of aromatic nitrogens is 2. The largest absolute Gasteiger partial charge is 0.481 e. The zero-order valence-electron chi connectivity index (χ0n) is 12.1. The molecular weight excluding hydrogens is 278 g/mol. The minimum absolute atomic E-state index is 0.157. The number of likely N-dealkylation sites (tertiary alicyclic amines) is 1. The molecule has 1 N–H and O–H groups in total. The molecule has 1 aliphatic heterocycles. The smallest absolute Gasteiger partial charge is 0.311 e. The SMILES string of the molecule is CC1(C(=O)O)CCN(C(=O)c2snnc2C(C)(C)C)C1. The molecule has 0 spiro atoms. The van der Waals surface area contributed by atoms with Crippen molar-refractivity contribution in [2.24, 2.45) is 5.41 Å². The topological polar surface area (TPSA) is 83.4 Å². The Kier molecular flexibility index (Phi) is 3.58. The minimum atomic E-state index is -0.855. The Labute approximate surface area is 122 Å². The predicted octanol–water partition coefficient (Wildman–Crippen LogP) is 1.77. The van der Waals surface area contributed by atoms with Gasteiger partial charge in [0.1, 0.15) is 4.88 Å². The van der Waals surface area contributed by atoms with Crippen LogP contribution in [0.25, 0.3) is 0 Å². The Morgan fingerprint density at radius 3 is 2.55 bits per heavy atom. The first-order valence-corrected chi connectivity index (χ1v) is 7.28. The van der Waals surface area contributed by atoms with Crippen LogP contribution >= 0.6 is 11.5 Å². The van der Waals surface area contributed by atoms with Crippen LogP contribution in [0.1, 0.15) is 49.5 Å². The molecule has 2 rings (SSSR count). The molecule has 0 aromatic carbocycles. The number of carbonyl (C=O) groups excluding carboxylic acids is 1. The molecule has 0 aliphatic carbocycles. The van der Waals surface area contributed by atoms with Crippen molar-refractivity contribution in [1.82, 2.24) is 14.5 Å². The van der Waals surface area contributed by atoms with E-state index in [1.807, 2.05) is 20.8 Å². The van der Waals surface area contributed by atoms with E-state index < -0.39 is 11.4 Å². The van der Waals surface area contributed by atoms with Gasteiger partial charge in [0, 0.05) is 18.5 Å². The summed E-state index contributed by atoms with van der Waals surface area (Å²) in [5.41, 5.74) is -0.430. The van der Waals surface area contributed by atoms with Crippen molar-refractivity contribution in [3.8, 4) is 0 Å². The maximum atomic E-state index is 12.5. The van der Waals surface area contributed by atoms with E-state index in [1.54, 1.807) is 11.8 Å². The average molecular weight is 297 g/mol. The number of carboxylic acids is 1. The van der Waals surface area contributed by atoms with Crippen LogP contribution in [0.15, 0.2) is 0 Å². The molecule has 1 atom stereocenters. The molecule has 1 fully saturated rings. The normalized spacial score (nSPS) is 23.1. The Bertz CT molecular complexity index is 549. The van der Waals surface area contributed by atoms with Crippen LogP contribution in [0.5, 0.6) is 0 Å². The molecule has 0 bridgehead atoms.